The van der Waals surface area contributed by atoms with Crippen LogP contribution in [0, 0.1) is 18.3 Å². The van der Waals surface area contributed by atoms with E-state index in [-0.39, 0.29) is 0 Å². The Morgan fingerprint density at radius 2 is 1.96 bits per heavy atom. The number of nitrogens with zero attached hydrogens (tertiary/aromatic N) is 3. The van der Waals surface area contributed by atoms with Crippen LogP contribution >= 0.6 is 0 Å². The van der Waals surface area contributed by atoms with Crippen LogP contribution in [0.1, 0.15) is 24.1 Å². The van der Waals surface area contributed by atoms with Gasteiger partial charge in [0.2, 0.25) is 0 Å². The van der Waals surface area contributed by atoms with Crippen molar-refractivity contribution >= 4 is 28.0 Å². The Morgan fingerprint density at radius 3 is 2.71 bits per heavy atom. The van der Waals surface area contributed by atoms with Gasteiger partial charge in [0.25, 0.3) is 0 Å². The van der Waals surface area contributed by atoms with Gasteiger partial charge in [0.15, 0.2) is 0 Å². The molecule has 0 saturated carbocycles. The lowest BCUT2D eigenvalue weighted by atomic mass is 10.1. The second-order valence-corrected chi connectivity index (χ2v) is 7.27. The number of benzene rings is 2. The summed E-state index contributed by atoms with van der Waals surface area (Å²) in [6.07, 6.45) is 2.35. The van der Waals surface area contributed by atoms with Crippen molar-refractivity contribution in [2.24, 2.45) is 0 Å². The summed E-state index contributed by atoms with van der Waals surface area (Å²) in [5.41, 5.74) is 5.83. The van der Waals surface area contributed by atoms with E-state index in [0.29, 0.717) is 11.6 Å². The van der Waals surface area contributed by atoms with Gasteiger partial charge in [0.1, 0.15) is 0 Å². The molecule has 0 aliphatic carbocycles. The number of fused-ring (bicyclic) bond motifs is 1. The fourth-order valence-corrected chi connectivity index (χ4v) is 3.97. The second kappa shape index (κ2) is 7.87. The fourth-order valence-electron chi connectivity index (χ4n) is 3.97. The highest BCUT2D eigenvalue weighted by Crippen LogP contribution is 2.34. The highest BCUT2D eigenvalue weighted by atomic mass is 16.5. The summed E-state index contributed by atoms with van der Waals surface area (Å²) in [6, 6.07) is 18.5. The standard InChI is InChI=1S/C23H24N4O/c1-16-12-23(27-11-3-4-20(27)15-28-2)21-10-9-19(13-22(21)25-16)26-18-7-5-17(14-24)6-8-18/h5-10,12-13,20,26H,3-4,11,15H2,1-2H3/t20-/m1/s1. The Hall–Kier alpha value is -3.10. The van der Waals surface area contributed by atoms with E-state index in [1.807, 2.05) is 31.2 Å². The van der Waals surface area contributed by atoms with Gasteiger partial charge in [-0.05, 0) is 68.3 Å². The molecule has 1 aliphatic rings. The zero-order valence-electron chi connectivity index (χ0n) is 16.3. The third-order valence-corrected chi connectivity index (χ3v) is 5.26. The lowest BCUT2D eigenvalue weighted by molar-refractivity contribution is 0.181. The number of anilines is 3. The number of nitrogens with one attached hydrogen (secondary N) is 1. The first-order chi connectivity index (χ1) is 13.7. The molecule has 5 heteroatoms. The number of pyridine rings is 1. The lowest BCUT2D eigenvalue weighted by Gasteiger charge is -2.28. The quantitative estimate of drug-likeness (QED) is 0.699. The summed E-state index contributed by atoms with van der Waals surface area (Å²) < 4.78 is 5.43. The molecule has 0 radical (unpaired) electrons. The number of methoxy groups -OCH3 is 1. The first kappa shape index (κ1) is 18.3. The van der Waals surface area contributed by atoms with Gasteiger partial charge in [-0.2, -0.15) is 5.26 Å². The van der Waals surface area contributed by atoms with E-state index in [2.05, 4.69) is 40.6 Å². The van der Waals surface area contributed by atoms with E-state index in [1.54, 1.807) is 7.11 Å². The number of rotatable bonds is 5. The van der Waals surface area contributed by atoms with Crippen LogP contribution < -0.4 is 10.2 Å². The van der Waals surface area contributed by atoms with E-state index >= 15 is 0 Å². The normalized spacial score (nSPS) is 16.3. The largest absolute Gasteiger partial charge is 0.383 e. The van der Waals surface area contributed by atoms with E-state index < -0.39 is 0 Å². The van der Waals surface area contributed by atoms with Gasteiger partial charge in [-0.3, -0.25) is 4.98 Å². The summed E-state index contributed by atoms with van der Waals surface area (Å²) in [4.78, 5) is 7.23. The molecule has 1 fully saturated rings. The first-order valence-electron chi connectivity index (χ1n) is 9.62. The molecule has 0 bridgehead atoms. The van der Waals surface area contributed by atoms with Crippen molar-refractivity contribution in [3.8, 4) is 6.07 Å². The molecule has 142 valence electrons. The van der Waals surface area contributed by atoms with Crippen molar-refractivity contribution < 1.29 is 4.74 Å². The van der Waals surface area contributed by atoms with E-state index in [0.717, 1.165) is 42.2 Å². The number of hydrogen-bond acceptors (Lipinski definition) is 5. The highest BCUT2D eigenvalue weighted by molar-refractivity contribution is 5.94. The van der Waals surface area contributed by atoms with Gasteiger partial charge in [0.05, 0.1) is 29.8 Å². The van der Waals surface area contributed by atoms with Crippen LogP contribution in [0.15, 0.2) is 48.5 Å². The average molecular weight is 372 g/mol. The molecule has 2 aromatic carbocycles. The summed E-state index contributed by atoms with van der Waals surface area (Å²) in [5, 5.41) is 13.5. The molecule has 1 atom stereocenters. The minimum absolute atomic E-state index is 0.423. The maximum absolute atomic E-state index is 8.94. The third-order valence-electron chi connectivity index (χ3n) is 5.26. The van der Waals surface area contributed by atoms with Crippen molar-refractivity contribution in [2.45, 2.75) is 25.8 Å². The molecule has 28 heavy (non-hydrogen) atoms. The first-order valence-corrected chi connectivity index (χ1v) is 9.62. The molecule has 0 amide bonds. The van der Waals surface area contributed by atoms with Crippen LogP contribution in [-0.2, 0) is 4.74 Å². The zero-order valence-corrected chi connectivity index (χ0v) is 16.3. The van der Waals surface area contributed by atoms with Gasteiger partial charge in [0, 0.05) is 41.8 Å². The zero-order chi connectivity index (χ0) is 19.5. The molecule has 1 aliphatic heterocycles. The van der Waals surface area contributed by atoms with Crippen LogP contribution in [0.3, 0.4) is 0 Å². The van der Waals surface area contributed by atoms with Crippen LogP contribution in [-0.4, -0.2) is 31.3 Å². The SMILES string of the molecule is COC[C@H]1CCCN1c1cc(C)nc2cc(Nc3ccc(C#N)cc3)ccc12. The van der Waals surface area contributed by atoms with Crippen molar-refractivity contribution in [1.82, 2.24) is 4.98 Å². The lowest BCUT2D eigenvalue weighted by Crippen LogP contribution is -2.33. The molecule has 1 N–H and O–H groups in total. The van der Waals surface area contributed by atoms with Crippen molar-refractivity contribution in [3.05, 3.63) is 59.8 Å². The predicted molar refractivity (Wildman–Crippen MR) is 113 cm³/mol. The number of aromatic nitrogens is 1. The Balaban J connectivity index is 1.67. The minimum atomic E-state index is 0.423. The molecule has 3 aromatic rings. The van der Waals surface area contributed by atoms with Crippen LogP contribution in [0.4, 0.5) is 17.1 Å². The van der Waals surface area contributed by atoms with Gasteiger partial charge < -0.3 is 15.0 Å². The van der Waals surface area contributed by atoms with Crippen LogP contribution in [0.25, 0.3) is 10.9 Å². The highest BCUT2D eigenvalue weighted by Gasteiger charge is 2.26. The summed E-state index contributed by atoms with van der Waals surface area (Å²) in [6.45, 7) is 3.85. The molecule has 1 saturated heterocycles. The van der Waals surface area contributed by atoms with E-state index in [1.165, 1.54) is 17.5 Å². The molecule has 2 heterocycles. The number of aryl methyl sites for hydroxylation is 1. The van der Waals surface area contributed by atoms with Crippen molar-refractivity contribution in [2.75, 3.05) is 30.5 Å². The Labute approximate surface area is 165 Å². The summed E-state index contributed by atoms with van der Waals surface area (Å²) >= 11 is 0. The van der Waals surface area contributed by atoms with Crippen LogP contribution in [0.5, 0.6) is 0 Å². The van der Waals surface area contributed by atoms with Gasteiger partial charge >= 0.3 is 0 Å². The number of nitriles is 1. The number of ether oxygens (including phenoxy) is 1. The third kappa shape index (κ3) is 3.64. The van der Waals surface area contributed by atoms with Crippen LogP contribution in [0.2, 0.25) is 0 Å². The average Bonchev–Trinajstić information content (AvgIpc) is 3.16. The van der Waals surface area contributed by atoms with Gasteiger partial charge in [-0.15, -0.1) is 0 Å². The molecule has 0 spiro atoms. The van der Waals surface area contributed by atoms with E-state index in [4.69, 9.17) is 15.0 Å². The smallest absolute Gasteiger partial charge is 0.0991 e. The van der Waals surface area contributed by atoms with Crippen molar-refractivity contribution in [1.29, 1.82) is 5.26 Å². The summed E-state index contributed by atoms with van der Waals surface area (Å²) in [5.74, 6) is 0. The molecule has 1 aromatic heterocycles. The minimum Gasteiger partial charge on any atom is -0.383 e. The fraction of sp³-hybridized carbons (Fsp3) is 0.304. The molecular formula is C23H24N4O. The van der Waals surface area contributed by atoms with Gasteiger partial charge in [-0.25, -0.2) is 0 Å². The molecule has 4 rings (SSSR count). The monoisotopic (exact) mass is 372 g/mol. The summed E-state index contributed by atoms with van der Waals surface area (Å²) in [7, 11) is 1.77. The topological polar surface area (TPSA) is 61.2 Å². The van der Waals surface area contributed by atoms with E-state index in [9.17, 15) is 0 Å². The molecular weight excluding hydrogens is 348 g/mol. The Kier molecular flexibility index (Phi) is 5.14. The number of hydrogen-bond donors (Lipinski definition) is 1. The molecule has 5 nitrogen and oxygen atoms in total. The Bertz CT molecular complexity index is 1020. The second-order valence-electron chi connectivity index (χ2n) is 7.27. The Morgan fingerprint density at radius 1 is 1.18 bits per heavy atom. The van der Waals surface area contributed by atoms with Crippen molar-refractivity contribution in [3.63, 3.8) is 0 Å². The predicted octanol–water partition coefficient (Wildman–Crippen LogP) is 4.77. The molecule has 0 unspecified atom stereocenters. The maximum Gasteiger partial charge on any atom is 0.0991 e. The van der Waals surface area contributed by atoms with Gasteiger partial charge in [-0.1, -0.05) is 0 Å². The maximum atomic E-state index is 8.94.